The van der Waals surface area contributed by atoms with Gasteiger partial charge in [-0.2, -0.15) is 0 Å². The van der Waals surface area contributed by atoms with E-state index in [-0.39, 0.29) is 24.0 Å². The lowest BCUT2D eigenvalue weighted by Gasteiger charge is -2.25. The van der Waals surface area contributed by atoms with Crippen LogP contribution in [-0.4, -0.2) is 54.8 Å². The molecule has 0 bridgehead atoms. The zero-order chi connectivity index (χ0) is 16.3. The molecule has 0 aromatic carbocycles. The van der Waals surface area contributed by atoms with Crippen LogP contribution >= 0.6 is 11.6 Å². The topological polar surface area (TPSA) is 84.9 Å². The van der Waals surface area contributed by atoms with Gasteiger partial charge in [-0.1, -0.05) is 6.92 Å². The van der Waals surface area contributed by atoms with E-state index >= 15 is 0 Å². The van der Waals surface area contributed by atoms with Crippen LogP contribution in [0, 0.1) is 5.92 Å². The molecule has 0 aliphatic heterocycles. The number of ether oxygens (including phenoxy) is 2. The van der Waals surface area contributed by atoms with Gasteiger partial charge >= 0.3 is 5.97 Å². The Labute approximate surface area is 131 Å². The molecule has 21 heavy (non-hydrogen) atoms. The average Bonchev–Trinajstić information content (AvgIpc) is 2.35. The number of halogens is 1. The highest BCUT2D eigenvalue weighted by atomic mass is 35.5. The normalized spacial score (nSPS) is 13.0. The van der Waals surface area contributed by atoms with Crippen molar-refractivity contribution in [2.24, 2.45) is 5.92 Å². The molecule has 1 atom stereocenters. The van der Waals surface area contributed by atoms with E-state index < -0.39 is 12.6 Å². The monoisotopic (exact) mass is 323 g/mol. The molecule has 0 aromatic heterocycles. The van der Waals surface area contributed by atoms with Gasteiger partial charge in [0.1, 0.15) is 13.2 Å². The van der Waals surface area contributed by atoms with Crippen molar-refractivity contribution in [1.29, 1.82) is 0 Å². The number of rotatable bonds is 12. The van der Waals surface area contributed by atoms with E-state index in [1.807, 2.05) is 20.8 Å². The van der Waals surface area contributed by atoms with Gasteiger partial charge in [0.2, 0.25) is 5.91 Å². The van der Waals surface area contributed by atoms with E-state index in [0.717, 1.165) is 12.8 Å². The Kier molecular flexibility index (Phi) is 10.4. The molecule has 0 saturated heterocycles. The Morgan fingerprint density at radius 1 is 1.33 bits per heavy atom. The van der Waals surface area contributed by atoms with Crippen molar-refractivity contribution in [2.45, 2.75) is 39.2 Å². The van der Waals surface area contributed by atoms with Gasteiger partial charge in [0.15, 0.2) is 0 Å². The molecular weight excluding hydrogens is 298 g/mol. The molecule has 0 aliphatic rings. The van der Waals surface area contributed by atoms with Gasteiger partial charge in [-0.15, -0.1) is 11.6 Å². The third-order valence-electron chi connectivity index (χ3n) is 2.91. The van der Waals surface area contributed by atoms with Crippen LogP contribution in [0.15, 0.2) is 0 Å². The van der Waals surface area contributed by atoms with Gasteiger partial charge in [0.05, 0.1) is 5.60 Å². The van der Waals surface area contributed by atoms with E-state index in [1.54, 1.807) is 0 Å². The fourth-order valence-electron chi connectivity index (χ4n) is 1.51. The van der Waals surface area contributed by atoms with Crippen LogP contribution in [0.25, 0.3) is 0 Å². The Balaban J connectivity index is 3.68. The minimum atomic E-state index is -1.09. The van der Waals surface area contributed by atoms with Crippen LogP contribution in [0.5, 0.6) is 0 Å². The first-order valence-corrected chi connectivity index (χ1v) is 7.56. The van der Waals surface area contributed by atoms with Crippen LogP contribution in [-0.2, 0) is 19.1 Å². The molecular formula is C14H26ClNO5. The summed E-state index contributed by atoms with van der Waals surface area (Å²) in [6, 6.07) is 0. The zero-order valence-electron chi connectivity index (χ0n) is 13.0. The smallest absolute Gasteiger partial charge is 0.329 e. The van der Waals surface area contributed by atoms with Crippen LogP contribution < -0.4 is 5.32 Å². The highest BCUT2D eigenvalue weighted by Gasteiger charge is 2.17. The summed E-state index contributed by atoms with van der Waals surface area (Å²) < 4.78 is 10.4. The summed E-state index contributed by atoms with van der Waals surface area (Å²) >= 11 is 5.70. The number of hydrogen-bond donors (Lipinski definition) is 2. The molecule has 124 valence electrons. The number of hydrogen-bond acceptors (Lipinski definition) is 4. The van der Waals surface area contributed by atoms with E-state index in [0.29, 0.717) is 19.0 Å². The van der Waals surface area contributed by atoms with Crippen molar-refractivity contribution >= 4 is 23.5 Å². The van der Waals surface area contributed by atoms with Gasteiger partial charge in [-0.05, 0) is 32.6 Å². The maximum atomic E-state index is 11.4. The van der Waals surface area contributed by atoms with E-state index in [4.69, 9.17) is 26.2 Å². The van der Waals surface area contributed by atoms with Crippen LogP contribution in [0.1, 0.15) is 33.6 Å². The maximum Gasteiger partial charge on any atom is 0.329 e. The van der Waals surface area contributed by atoms with Crippen molar-refractivity contribution in [1.82, 2.24) is 5.32 Å². The molecule has 0 radical (unpaired) electrons. The highest BCUT2D eigenvalue weighted by Crippen LogP contribution is 2.16. The molecule has 0 fully saturated rings. The van der Waals surface area contributed by atoms with Crippen LogP contribution in [0.4, 0.5) is 0 Å². The van der Waals surface area contributed by atoms with Gasteiger partial charge in [-0.25, -0.2) is 4.79 Å². The number of alkyl halides is 1. The SMILES string of the molecule is CC(CCOC(C)(C)CCCl)CNC(=O)COCC(=O)O. The van der Waals surface area contributed by atoms with Gasteiger partial charge in [0, 0.05) is 19.0 Å². The Morgan fingerprint density at radius 2 is 2.00 bits per heavy atom. The Bertz CT molecular complexity index is 322. The van der Waals surface area contributed by atoms with Crippen molar-refractivity contribution in [3.8, 4) is 0 Å². The molecule has 0 aliphatic carbocycles. The van der Waals surface area contributed by atoms with Gasteiger partial charge in [0.25, 0.3) is 0 Å². The van der Waals surface area contributed by atoms with Gasteiger partial charge < -0.3 is 19.9 Å². The number of carbonyl (C=O) groups excluding carboxylic acids is 1. The molecule has 1 unspecified atom stereocenters. The molecule has 0 spiro atoms. The molecule has 7 heteroatoms. The third kappa shape index (κ3) is 12.6. The van der Waals surface area contributed by atoms with E-state index in [2.05, 4.69) is 5.32 Å². The summed E-state index contributed by atoms with van der Waals surface area (Å²) in [6.07, 6.45) is 1.61. The second-order valence-electron chi connectivity index (χ2n) is 5.63. The summed E-state index contributed by atoms with van der Waals surface area (Å²) in [5.41, 5.74) is -0.227. The lowest BCUT2D eigenvalue weighted by Crippen LogP contribution is -2.33. The lowest BCUT2D eigenvalue weighted by atomic mass is 10.1. The summed E-state index contributed by atoms with van der Waals surface area (Å²) in [5.74, 6) is -0.575. The average molecular weight is 324 g/mol. The second-order valence-corrected chi connectivity index (χ2v) is 6.01. The summed E-state index contributed by atoms with van der Waals surface area (Å²) in [7, 11) is 0. The highest BCUT2D eigenvalue weighted by molar-refractivity contribution is 6.17. The van der Waals surface area contributed by atoms with Crippen LogP contribution in [0.2, 0.25) is 0 Å². The lowest BCUT2D eigenvalue weighted by molar-refractivity contribution is -0.143. The molecule has 2 N–H and O–H groups in total. The number of aliphatic carboxylic acids is 1. The molecule has 0 saturated carbocycles. The summed E-state index contributed by atoms with van der Waals surface area (Å²) in [6.45, 7) is 6.43. The fourth-order valence-corrected chi connectivity index (χ4v) is 1.96. The number of carboxylic acid groups (broad SMARTS) is 1. The van der Waals surface area contributed by atoms with Crippen molar-refractivity contribution < 1.29 is 24.2 Å². The van der Waals surface area contributed by atoms with Crippen LogP contribution in [0.3, 0.4) is 0 Å². The number of nitrogens with one attached hydrogen (secondary N) is 1. The maximum absolute atomic E-state index is 11.4. The minimum absolute atomic E-state index is 0.227. The van der Waals surface area contributed by atoms with E-state index in [9.17, 15) is 9.59 Å². The first kappa shape index (κ1) is 20.1. The number of carbonyl (C=O) groups is 2. The Hall–Kier alpha value is -0.850. The molecule has 0 aromatic rings. The fraction of sp³-hybridized carbons (Fsp3) is 0.857. The molecule has 0 rings (SSSR count). The largest absolute Gasteiger partial charge is 0.480 e. The Morgan fingerprint density at radius 3 is 2.57 bits per heavy atom. The molecule has 6 nitrogen and oxygen atoms in total. The van der Waals surface area contributed by atoms with Gasteiger partial charge in [-0.3, -0.25) is 4.79 Å². The van der Waals surface area contributed by atoms with Crippen molar-refractivity contribution in [3.63, 3.8) is 0 Å². The predicted molar refractivity (Wildman–Crippen MR) is 80.6 cm³/mol. The first-order chi connectivity index (χ1) is 9.76. The summed E-state index contributed by atoms with van der Waals surface area (Å²) in [4.78, 5) is 21.6. The zero-order valence-corrected chi connectivity index (χ0v) is 13.7. The van der Waals surface area contributed by atoms with Crippen molar-refractivity contribution in [3.05, 3.63) is 0 Å². The number of carboxylic acids is 1. The third-order valence-corrected chi connectivity index (χ3v) is 3.10. The first-order valence-electron chi connectivity index (χ1n) is 7.03. The molecule has 0 heterocycles. The van der Waals surface area contributed by atoms with Crippen molar-refractivity contribution in [2.75, 3.05) is 32.2 Å². The number of amides is 1. The quantitative estimate of drug-likeness (QED) is 0.533. The molecule has 1 amide bonds. The minimum Gasteiger partial charge on any atom is -0.480 e. The second kappa shape index (κ2) is 10.8. The predicted octanol–water partition coefficient (Wildman–Crippen LogP) is 1.65. The summed E-state index contributed by atoms with van der Waals surface area (Å²) in [5, 5.41) is 11.1. The van der Waals surface area contributed by atoms with E-state index in [1.165, 1.54) is 0 Å². The standard InChI is InChI=1S/C14H26ClNO5/c1-11(4-7-21-14(2,3)5-6-15)8-16-12(17)9-20-10-13(18)19/h11H,4-10H2,1-3H3,(H,16,17)(H,18,19).